The number of nitrogens with one attached hydrogen (secondary N) is 1. The van der Waals surface area contributed by atoms with Crippen LogP contribution in [-0.2, 0) is 16.0 Å². The van der Waals surface area contributed by atoms with Crippen molar-refractivity contribution >= 4 is 11.8 Å². The highest BCUT2D eigenvalue weighted by atomic mass is 16.5. The lowest BCUT2D eigenvalue weighted by molar-refractivity contribution is -0.133. The molecule has 150 valence electrons. The van der Waals surface area contributed by atoms with Gasteiger partial charge in [-0.25, -0.2) is 0 Å². The zero-order valence-corrected chi connectivity index (χ0v) is 16.9. The number of methoxy groups -OCH3 is 2. The molecule has 1 aliphatic rings. The van der Waals surface area contributed by atoms with Crippen molar-refractivity contribution in [1.29, 1.82) is 0 Å². The normalized spacial score (nSPS) is 14.9. The monoisotopic (exact) mass is 376 g/mol. The van der Waals surface area contributed by atoms with Crippen molar-refractivity contribution < 1.29 is 19.1 Å². The van der Waals surface area contributed by atoms with Crippen LogP contribution in [0.4, 0.5) is 0 Å². The lowest BCUT2D eigenvalue weighted by atomic mass is 10.0. The fourth-order valence-corrected chi connectivity index (χ4v) is 3.38. The number of ether oxygens (including phenoxy) is 2. The molecule has 1 aliphatic heterocycles. The highest BCUT2D eigenvalue weighted by Crippen LogP contribution is 2.25. The van der Waals surface area contributed by atoms with Crippen LogP contribution < -0.4 is 14.8 Å². The number of rotatable bonds is 8. The summed E-state index contributed by atoms with van der Waals surface area (Å²) in [5, 5.41) is 3.11. The van der Waals surface area contributed by atoms with E-state index in [-0.39, 0.29) is 17.9 Å². The zero-order valence-electron chi connectivity index (χ0n) is 16.9. The molecule has 1 N–H and O–H groups in total. The minimum Gasteiger partial charge on any atom is -0.497 e. The minimum absolute atomic E-state index is 0.0341. The van der Waals surface area contributed by atoms with Gasteiger partial charge in [0.05, 0.1) is 14.2 Å². The van der Waals surface area contributed by atoms with Gasteiger partial charge in [0, 0.05) is 32.0 Å². The first-order valence-electron chi connectivity index (χ1n) is 9.71. The van der Waals surface area contributed by atoms with E-state index in [0.29, 0.717) is 25.2 Å². The lowest BCUT2D eigenvalue weighted by Crippen LogP contribution is -2.46. The molecule has 0 unspecified atom stereocenters. The number of amides is 2. The molecule has 0 spiro atoms. The van der Waals surface area contributed by atoms with Crippen LogP contribution in [0.25, 0.3) is 0 Å². The van der Waals surface area contributed by atoms with E-state index >= 15 is 0 Å². The average molecular weight is 376 g/mol. The van der Waals surface area contributed by atoms with E-state index in [1.165, 1.54) is 0 Å². The van der Waals surface area contributed by atoms with E-state index in [0.717, 1.165) is 43.0 Å². The number of carbonyl (C=O) groups excluding carboxylic acids is 2. The number of aryl methyl sites for hydroxylation is 1. The third-order valence-electron chi connectivity index (χ3n) is 4.90. The molecule has 6 nitrogen and oxygen atoms in total. The summed E-state index contributed by atoms with van der Waals surface area (Å²) in [7, 11) is 3.25. The molecular formula is C21H32N2O4. The number of piperidine rings is 1. The van der Waals surface area contributed by atoms with E-state index in [9.17, 15) is 9.59 Å². The molecule has 1 fully saturated rings. The van der Waals surface area contributed by atoms with Crippen LogP contribution in [0.1, 0.15) is 45.1 Å². The summed E-state index contributed by atoms with van der Waals surface area (Å²) in [6, 6.07) is 5.75. The van der Waals surface area contributed by atoms with E-state index in [2.05, 4.69) is 19.2 Å². The first-order valence-corrected chi connectivity index (χ1v) is 9.71. The summed E-state index contributed by atoms with van der Waals surface area (Å²) in [4.78, 5) is 26.4. The number of benzene rings is 1. The summed E-state index contributed by atoms with van der Waals surface area (Å²) in [6.07, 6.45) is 3.23. The molecule has 1 aromatic carbocycles. The molecule has 1 saturated heterocycles. The zero-order chi connectivity index (χ0) is 19.8. The maximum absolute atomic E-state index is 12.3. The SMILES string of the molecule is COc1ccc(OC)c(CCC(=O)NC2CCN(C(=O)CC(C)C)CC2)c1. The third kappa shape index (κ3) is 6.45. The summed E-state index contributed by atoms with van der Waals surface area (Å²) >= 11 is 0. The quantitative estimate of drug-likeness (QED) is 0.758. The molecule has 0 radical (unpaired) electrons. The Balaban J connectivity index is 1.78. The van der Waals surface area contributed by atoms with Crippen LogP contribution in [0.2, 0.25) is 0 Å². The number of hydrogen-bond acceptors (Lipinski definition) is 4. The van der Waals surface area contributed by atoms with Crippen molar-refractivity contribution in [1.82, 2.24) is 10.2 Å². The molecule has 2 amide bonds. The molecule has 1 heterocycles. The van der Waals surface area contributed by atoms with Gasteiger partial charge in [0.25, 0.3) is 0 Å². The highest BCUT2D eigenvalue weighted by molar-refractivity contribution is 5.77. The van der Waals surface area contributed by atoms with Gasteiger partial charge in [-0.3, -0.25) is 9.59 Å². The Labute approximate surface area is 162 Å². The van der Waals surface area contributed by atoms with Gasteiger partial charge in [0.1, 0.15) is 11.5 Å². The maximum atomic E-state index is 12.3. The van der Waals surface area contributed by atoms with Crippen LogP contribution in [0.3, 0.4) is 0 Å². The Kier molecular flexibility index (Phi) is 7.95. The van der Waals surface area contributed by atoms with Gasteiger partial charge in [-0.2, -0.15) is 0 Å². The minimum atomic E-state index is 0.0341. The maximum Gasteiger partial charge on any atom is 0.222 e. The first-order chi connectivity index (χ1) is 12.9. The predicted molar refractivity (Wildman–Crippen MR) is 105 cm³/mol. The van der Waals surface area contributed by atoms with Crippen molar-refractivity contribution in [3.63, 3.8) is 0 Å². The Morgan fingerprint density at radius 3 is 2.48 bits per heavy atom. The Hall–Kier alpha value is -2.24. The van der Waals surface area contributed by atoms with Crippen LogP contribution in [0, 0.1) is 5.92 Å². The van der Waals surface area contributed by atoms with Gasteiger partial charge in [0.2, 0.25) is 11.8 Å². The van der Waals surface area contributed by atoms with Crippen LogP contribution in [0.5, 0.6) is 11.5 Å². The fraction of sp³-hybridized carbons (Fsp3) is 0.619. The highest BCUT2D eigenvalue weighted by Gasteiger charge is 2.24. The Morgan fingerprint density at radius 2 is 1.89 bits per heavy atom. The molecule has 2 rings (SSSR count). The second kappa shape index (κ2) is 10.2. The standard InChI is InChI=1S/C21H32N2O4/c1-15(2)13-21(25)23-11-9-17(10-12-23)22-20(24)8-5-16-14-18(26-3)6-7-19(16)27-4/h6-7,14-15,17H,5,8-13H2,1-4H3,(H,22,24). The Morgan fingerprint density at radius 1 is 1.19 bits per heavy atom. The van der Waals surface area contributed by atoms with Crippen LogP contribution in [-0.4, -0.2) is 50.1 Å². The van der Waals surface area contributed by atoms with Crippen LogP contribution >= 0.6 is 0 Å². The van der Waals surface area contributed by atoms with Gasteiger partial charge < -0.3 is 19.7 Å². The van der Waals surface area contributed by atoms with Gasteiger partial charge in [-0.15, -0.1) is 0 Å². The van der Waals surface area contributed by atoms with Crippen molar-refractivity contribution in [2.75, 3.05) is 27.3 Å². The second-order valence-electron chi connectivity index (χ2n) is 7.50. The van der Waals surface area contributed by atoms with Crippen LogP contribution in [0.15, 0.2) is 18.2 Å². The van der Waals surface area contributed by atoms with E-state index in [4.69, 9.17) is 9.47 Å². The third-order valence-corrected chi connectivity index (χ3v) is 4.90. The van der Waals surface area contributed by atoms with Gasteiger partial charge in [0.15, 0.2) is 0 Å². The second-order valence-corrected chi connectivity index (χ2v) is 7.50. The van der Waals surface area contributed by atoms with E-state index in [1.807, 2.05) is 23.1 Å². The summed E-state index contributed by atoms with van der Waals surface area (Å²) in [6.45, 7) is 5.56. The molecule has 1 aromatic rings. The molecule has 0 bridgehead atoms. The summed E-state index contributed by atoms with van der Waals surface area (Å²) in [5.74, 6) is 2.15. The molecule has 0 saturated carbocycles. The number of likely N-dealkylation sites (tertiary alicyclic amines) is 1. The molecular weight excluding hydrogens is 344 g/mol. The van der Waals surface area contributed by atoms with Crippen molar-refractivity contribution in [3.8, 4) is 11.5 Å². The van der Waals surface area contributed by atoms with Crippen molar-refractivity contribution in [2.24, 2.45) is 5.92 Å². The molecule has 6 heteroatoms. The molecule has 0 aromatic heterocycles. The van der Waals surface area contributed by atoms with Gasteiger partial charge >= 0.3 is 0 Å². The lowest BCUT2D eigenvalue weighted by Gasteiger charge is -2.33. The summed E-state index contributed by atoms with van der Waals surface area (Å²) < 4.78 is 10.6. The van der Waals surface area contributed by atoms with Crippen molar-refractivity contribution in [2.45, 2.75) is 52.0 Å². The number of hydrogen-bond donors (Lipinski definition) is 1. The molecule has 0 aliphatic carbocycles. The van der Waals surface area contributed by atoms with Gasteiger partial charge in [-0.1, -0.05) is 13.8 Å². The number of carbonyl (C=O) groups is 2. The van der Waals surface area contributed by atoms with E-state index < -0.39 is 0 Å². The predicted octanol–water partition coefficient (Wildman–Crippen LogP) is 2.79. The molecule has 27 heavy (non-hydrogen) atoms. The largest absolute Gasteiger partial charge is 0.497 e. The Bertz CT molecular complexity index is 637. The van der Waals surface area contributed by atoms with E-state index in [1.54, 1.807) is 14.2 Å². The summed E-state index contributed by atoms with van der Waals surface area (Å²) in [5.41, 5.74) is 0.959. The van der Waals surface area contributed by atoms with Crippen molar-refractivity contribution in [3.05, 3.63) is 23.8 Å². The van der Waals surface area contributed by atoms with Gasteiger partial charge in [-0.05, 0) is 48.9 Å². The first kappa shape index (κ1) is 21.1. The molecule has 0 atom stereocenters. The smallest absolute Gasteiger partial charge is 0.222 e. The average Bonchev–Trinajstić information content (AvgIpc) is 2.66. The topological polar surface area (TPSA) is 67.9 Å². The number of nitrogens with zero attached hydrogens (tertiary/aromatic N) is 1. The fourth-order valence-electron chi connectivity index (χ4n) is 3.38.